The molecule has 3 saturated carbocycles. The Bertz CT molecular complexity index is 2030. The zero-order chi connectivity index (χ0) is 42.4. The first-order chi connectivity index (χ1) is 27.1. The summed E-state index contributed by atoms with van der Waals surface area (Å²) in [5, 5.41) is 6.36. The van der Waals surface area contributed by atoms with Gasteiger partial charge in [0, 0.05) is 19.5 Å². The molecule has 2 amide bonds. The molecule has 0 radical (unpaired) electrons. The van der Waals surface area contributed by atoms with Crippen LogP contribution in [0.5, 0.6) is 5.75 Å². The van der Waals surface area contributed by atoms with E-state index in [1.54, 1.807) is 57.3 Å². The van der Waals surface area contributed by atoms with Gasteiger partial charge in [0.1, 0.15) is 34.8 Å². The number of oxime groups is 1. The van der Waals surface area contributed by atoms with Crippen LogP contribution >= 0.6 is 11.3 Å². The molecule has 1 aromatic heterocycles. The van der Waals surface area contributed by atoms with Crippen molar-refractivity contribution < 1.29 is 42.7 Å². The Kier molecular flexibility index (Phi) is 12.1. The minimum Gasteiger partial charge on any atom is -0.496 e. The summed E-state index contributed by atoms with van der Waals surface area (Å²) in [5.74, 6) is -0.656. The monoisotopic (exact) mass is 816 g/mol. The van der Waals surface area contributed by atoms with Crippen LogP contribution in [0.25, 0.3) is 0 Å². The van der Waals surface area contributed by atoms with Crippen molar-refractivity contribution in [2.75, 3.05) is 26.1 Å². The maximum absolute atomic E-state index is 15.0. The van der Waals surface area contributed by atoms with E-state index in [1.807, 2.05) is 57.2 Å². The maximum atomic E-state index is 15.0. The number of amides is 2. The van der Waals surface area contributed by atoms with Crippen molar-refractivity contribution in [3.63, 3.8) is 0 Å². The number of anilines is 1. The zero-order valence-electron chi connectivity index (χ0n) is 35.8. The zero-order valence-corrected chi connectivity index (χ0v) is 36.6. The predicted molar refractivity (Wildman–Crippen MR) is 223 cm³/mol. The fourth-order valence-electron chi connectivity index (χ4n) is 8.38. The van der Waals surface area contributed by atoms with Gasteiger partial charge in [-0.15, -0.1) is 11.3 Å². The SMILES string of the molecule is COc1c(C[C@@H](B2OC3C[C@@H]4C[C@@H](C4(C)C)[C@]3(C)O2)N(C)C(=O)/C(=N\OCc2ccccc2)c2csc(N(C)C(=O)OC(C)(C)C)n2)cccc1C(=O)OC(C)(C)C. The Morgan fingerprint density at radius 2 is 1.67 bits per heavy atom. The smallest absolute Gasteiger partial charge is 0.482 e. The number of ether oxygens (including phenoxy) is 3. The van der Waals surface area contributed by atoms with Crippen LogP contribution in [0.4, 0.5) is 9.93 Å². The summed E-state index contributed by atoms with van der Waals surface area (Å²) >= 11 is 1.16. The number of likely N-dealkylation sites (N-methyl/N-ethyl adjacent to an activating group) is 1. The number of hydrogen-bond donors (Lipinski definition) is 0. The van der Waals surface area contributed by atoms with Gasteiger partial charge in [0.05, 0.1) is 24.8 Å². The standard InChI is InChI=1S/C43H57BN4O9S/c1-40(2,3)54-37(50)29-20-16-19-27(35(29)52-12)21-33(44-56-32-23-28-22-31(42(28,7)8)43(32,9)57-44)47(10)36(49)34(46-53-24-26-17-14-13-15-18-26)30-25-58-38(45-30)48(11)39(51)55-41(4,5)6/h13-20,25,28,31-33H,21-24H2,1-12H3/b46-34-/t28-,31-,32?,33-,43-/m0/s1. The highest BCUT2D eigenvalue weighted by molar-refractivity contribution is 7.14. The summed E-state index contributed by atoms with van der Waals surface area (Å²) in [6.45, 7) is 17.6. The van der Waals surface area contributed by atoms with Gasteiger partial charge in [-0.3, -0.25) is 9.69 Å². The summed E-state index contributed by atoms with van der Waals surface area (Å²) in [5.41, 5.74) is -0.0235. The average Bonchev–Trinajstić information content (AvgIpc) is 3.78. The molecular weight excluding hydrogens is 759 g/mol. The van der Waals surface area contributed by atoms with Crippen molar-refractivity contribution in [3.8, 4) is 5.75 Å². The number of esters is 1. The number of rotatable bonds is 12. The second kappa shape index (κ2) is 16.3. The van der Waals surface area contributed by atoms with E-state index in [4.69, 9.17) is 28.4 Å². The van der Waals surface area contributed by atoms with Gasteiger partial charge in [0.25, 0.3) is 5.91 Å². The van der Waals surface area contributed by atoms with Gasteiger partial charge in [0.15, 0.2) is 10.8 Å². The number of methoxy groups -OCH3 is 1. The van der Waals surface area contributed by atoms with Crippen LogP contribution in [0.15, 0.2) is 59.1 Å². The Labute approximate surface area is 346 Å². The van der Waals surface area contributed by atoms with Crippen LogP contribution in [0, 0.1) is 17.3 Å². The van der Waals surface area contributed by atoms with Crippen molar-refractivity contribution in [2.24, 2.45) is 22.4 Å². The number of carbonyl (C=O) groups is 3. The van der Waals surface area contributed by atoms with E-state index in [2.05, 4.69) is 30.9 Å². The molecule has 5 atom stereocenters. The van der Waals surface area contributed by atoms with Gasteiger partial charge in [0.2, 0.25) is 0 Å². The lowest BCUT2D eigenvalue weighted by Gasteiger charge is -2.64. The third-order valence-corrected chi connectivity index (χ3v) is 12.5. The first-order valence-corrected chi connectivity index (χ1v) is 20.7. The molecule has 4 fully saturated rings. The third kappa shape index (κ3) is 8.91. The molecule has 312 valence electrons. The molecule has 15 heteroatoms. The second-order valence-electron chi connectivity index (χ2n) is 18.3. The lowest BCUT2D eigenvalue weighted by molar-refractivity contribution is -0.199. The highest BCUT2D eigenvalue weighted by Crippen LogP contribution is 2.66. The van der Waals surface area contributed by atoms with E-state index in [1.165, 1.54) is 12.0 Å². The summed E-state index contributed by atoms with van der Waals surface area (Å²) < 4.78 is 31.0. The maximum Gasteiger partial charge on any atom is 0.482 e. The van der Waals surface area contributed by atoms with Crippen LogP contribution in [-0.2, 0) is 41.4 Å². The van der Waals surface area contributed by atoms with Gasteiger partial charge in [-0.1, -0.05) is 61.5 Å². The van der Waals surface area contributed by atoms with Gasteiger partial charge in [-0.2, -0.15) is 0 Å². The highest BCUT2D eigenvalue weighted by atomic mass is 32.1. The van der Waals surface area contributed by atoms with Crippen molar-refractivity contribution >= 4 is 47.3 Å². The number of nitrogens with zero attached hydrogens (tertiary/aromatic N) is 4. The lowest BCUT2D eigenvalue weighted by atomic mass is 9.43. The molecule has 1 saturated heterocycles. The van der Waals surface area contributed by atoms with E-state index in [0.717, 1.165) is 29.7 Å². The fourth-order valence-corrected chi connectivity index (χ4v) is 9.14. The molecule has 0 spiro atoms. The van der Waals surface area contributed by atoms with Crippen LogP contribution in [0.1, 0.15) is 102 Å². The van der Waals surface area contributed by atoms with E-state index >= 15 is 0 Å². The molecule has 2 aromatic carbocycles. The molecule has 0 N–H and O–H groups in total. The second-order valence-corrected chi connectivity index (χ2v) is 19.1. The molecule has 1 aliphatic heterocycles. The Morgan fingerprint density at radius 1 is 0.983 bits per heavy atom. The largest absolute Gasteiger partial charge is 0.496 e. The Morgan fingerprint density at radius 3 is 2.31 bits per heavy atom. The predicted octanol–water partition coefficient (Wildman–Crippen LogP) is 7.74. The van der Waals surface area contributed by atoms with Crippen molar-refractivity contribution in [3.05, 3.63) is 76.3 Å². The quantitative estimate of drug-likeness (QED) is 0.0773. The third-order valence-electron chi connectivity index (χ3n) is 11.6. The summed E-state index contributed by atoms with van der Waals surface area (Å²) in [4.78, 5) is 54.7. The van der Waals surface area contributed by atoms with Crippen LogP contribution in [-0.4, -0.2) is 90.7 Å². The average molecular weight is 817 g/mol. The molecule has 4 aliphatic rings. The summed E-state index contributed by atoms with van der Waals surface area (Å²) in [7, 11) is 3.89. The Hall–Kier alpha value is -4.47. The molecule has 3 aromatic rings. The molecular formula is C43H57BN4O9S. The topological polar surface area (TPSA) is 138 Å². The molecule has 7 rings (SSSR count). The number of hydrogen-bond acceptors (Lipinski definition) is 12. The first-order valence-electron chi connectivity index (χ1n) is 19.8. The number of carbonyl (C=O) groups excluding carboxylic acids is 3. The van der Waals surface area contributed by atoms with Crippen LogP contribution < -0.4 is 9.64 Å². The van der Waals surface area contributed by atoms with Gasteiger partial charge >= 0.3 is 19.2 Å². The number of benzene rings is 2. The van der Waals surface area contributed by atoms with E-state index in [9.17, 15) is 14.4 Å². The molecule has 58 heavy (non-hydrogen) atoms. The van der Waals surface area contributed by atoms with Crippen LogP contribution in [0.3, 0.4) is 0 Å². The van der Waals surface area contributed by atoms with Gasteiger partial charge < -0.3 is 33.3 Å². The van der Waals surface area contributed by atoms with Gasteiger partial charge in [-0.25, -0.2) is 14.6 Å². The minimum atomic E-state index is -0.843. The summed E-state index contributed by atoms with van der Waals surface area (Å²) in [6, 6.07) is 14.8. The highest BCUT2D eigenvalue weighted by Gasteiger charge is 2.69. The van der Waals surface area contributed by atoms with E-state index in [0.29, 0.717) is 22.4 Å². The molecule has 13 nitrogen and oxygen atoms in total. The Balaban J connectivity index is 1.37. The number of para-hydroxylation sites is 1. The minimum absolute atomic E-state index is 0.0806. The number of aromatic nitrogens is 1. The fraction of sp³-hybridized carbons (Fsp3) is 0.558. The lowest BCUT2D eigenvalue weighted by Crippen LogP contribution is -2.65. The normalized spacial score (nSPS) is 22.9. The molecule has 2 heterocycles. The van der Waals surface area contributed by atoms with Gasteiger partial charge in [-0.05, 0) is 102 Å². The molecule has 3 aliphatic carbocycles. The van der Waals surface area contributed by atoms with Crippen molar-refractivity contribution in [1.29, 1.82) is 0 Å². The van der Waals surface area contributed by atoms with E-state index < -0.39 is 47.8 Å². The van der Waals surface area contributed by atoms with E-state index in [-0.39, 0.29) is 47.4 Å². The van der Waals surface area contributed by atoms with Crippen molar-refractivity contribution in [2.45, 2.75) is 117 Å². The summed E-state index contributed by atoms with van der Waals surface area (Å²) in [6.07, 6.45) is 1.34. The van der Waals surface area contributed by atoms with Crippen LogP contribution in [0.2, 0.25) is 0 Å². The van der Waals surface area contributed by atoms with Crippen molar-refractivity contribution in [1.82, 2.24) is 9.88 Å². The molecule has 1 unspecified atom stereocenters. The number of thiazole rings is 1. The molecule has 2 bridgehead atoms. The first kappa shape index (κ1) is 43.1.